The van der Waals surface area contributed by atoms with E-state index in [4.69, 9.17) is 4.74 Å². The topological polar surface area (TPSA) is 94.8 Å². The molecule has 0 aliphatic carbocycles. The van der Waals surface area contributed by atoms with Crippen LogP contribution in [0.4, 0.5) is 19.0 Å². The number of aromatic nitrogens is 5. The first-order chi connectivity index (χ1) is 16.9. The molecule has 4 aromatic rings. The van der Waals surface area contributed by atoms with Crippen molar-refractivity contribution in [1.82, 2.24) is 24.7 Å². The van der Waals surface area contributed by atoms with Gasteiger partial charge in [-0.2, -0.15) is 13.2 Å². The van der Waals surface area contributed by atoms with Crippen LogP contribution in [-0.4, -0.2) is 37.2 Å². The van der Waals surface area contributed by atoms with Crippen molar-refractivity contribution in [2.45, 2.75) is 25.7 Å². The number of benzene rings is 1. The number of halogens is 3. The maximum Gasteiger partial charge on any atom is 0.433 e. The van der Waals surface area contributed by atoms with E-state index in [0.29, 0.717) is 59.2 Å². The van der Waals surface area contributed by atoms with Crippen LogP contribution in [0.5, 0.6) is 0 Å². The number of carbonyl (C=O) groups is 1. The molecule has 1 aliphatic heterocycles. The van der Waals surface area contributed by atoms with E-state index in [1.165, 1.54) is 6.07 Å². The van der Waals surface area contributed by atoms with Gasteiger partial charge in [-0.1, -0.05) is 24.3 Å². The number of alkyl halides is 3. The molecule has 4 heterocycles. The number of fused-ring (bicyclic) bond motifs is 5. The van der Waals surface area contributed by atoms with Crippen LogP contribution in [0.3, 0.4) is 0 Å². The molecule has 11 heteroatoms. The Balaban J connectivity index is 1.50. The molecular formula is C24H19F3N6O2. The van der Waals surface area contributed by atoms with Gasteiger partial charge in [0, 0.05) is 30.5 Å². The molecule has 0 atom stereocenters. The zero-order chi connectivity index (χ0) is 24.4. The molecule has 0 spiro atoms. The first-order valence-corrected chi connectivity index (χ1v) is 10.8. The number of aryl methyl sites for hydroxylation is 1. The van der Waals surface area contributed by atoms with Gasteiger partial charge < -0.3 is 14.6 Å². The van der Waals surface area contributed by atoms with Crippen LogP contribution in [0.1, 0.15) is 28.0 Å². The van der Waals surface area contributed by atoms with Crippen LogP contribution >= 0.6 is 0 Å². The van der Waals surface area contributed by atoms with Gasteiger partial charge in [-0.25, -0.2) is 4.98 Å². The van der Waals surface area contributed by atoms with Crippen LogP contribution in [0.25, 0.3) is 22.6 Å². The van der Waals surface area contributed by atoms with E-state index in [0.717, 1.165) is 12.3 Å². The zero-order valence-corrected chi connectivity index (χ0v) is 18.3. The number of rotatable bonds is 1. The Kier molecular flexibility index (Phi) is 6.00. The van der Waals surface area contributed by atoms with Crippen molar-refractivity contribution in [3.63, 3.8) is 0 Å². The lowest BCUT2D eigenvalue weighted by molar-refractivity contribution is -0.141. The summed E-state index contributed by atoms with van der Waals surface area (Å²) in [6.07, 6.45) is -1.06. The lowest BCUT2D eigenvalue weighted by Crippen LogP contribution is -2.17. The molecule has 0 fully saturated rings. The van der Waals surface area contributed by atoms with Gasteiger partial charge in [-0.05, 0) is 41.8 Å². The Hall–Kier alpha value is -4.12. The third kappa shape index (κ3) is 4.90. The lowest BCUT2D eigenvalue weighted by atomic mass is 9.99. The number of carbonyl (C=O) groups excluding carboxylic acids is 1. The van der Waals surface area contributed by atoms with Gasteiger partial charge in [0.2, 0.25) is 0 Å². The summed E-state index contributed by atoms with van der Waals surface area (Å²) in [7, 11) is 0. The van der Waals surface area contributed by atoms with Gasteiger partial charge in [-0.3, -0.25) is 9.78 Å². The number of amides is 1. The molecule has 8 nitrogen and oxygen atoms in total. The van der Waals surface area contributed by atoms with Crippen molar-refractivity contribution in [1.29, 1.82) is 0 Å². The molecule has 0 radical (unpaired) electrons. The smallest absolute Gasteiger partial charge is 0.377 e. The number of hydrogen-bond acceptors (Lipinski definition) is 6. The van der Waals surface area contributed by atoms with Gasteiger partial charge in [0.05, 0.1) is 6.61 Å². The summed E-state index contributed by atoms with van der Waals surface area (Å²) < 4.78 is 46.3. The first-order valence-electron chi connectivity index (χ1n) is 10.8. The Morgan fingerprint density at radius 2 is 1.91 bits per heavy atom. The summed E-state index contributed by atoms with van der Waals surface area (Å²) in [6.45, 7) is 1.26. The SMILES string of the molecule is O=C1Nc2cccc(n2)-c2nncn2CCCOCc2ccc(-c3ccc(C(F)(F)F)nc3)cc21. The lowest BCUT2D eigenvalue weighted by Gasteiger charge is -2.15. The molecule has 3 aromatic heterocycles. The number of nitrogens with one attached hydrogen (secondary N) is 1. The quantitative estimate of drug-likeness (QED) is 0.428. The predicted molar refractivity (Wildman–Crippen MR) is 120 cm³/mol. The van der Waals surface area contributed by atoms with Gasteiger partial charge in [-0.15, -0.1) is 10.2 Å². The minimum absolute atomic E-state index is 0.191. The van der Waals surface area contributed by atoms with Crippen molar-refractivity contribution in [3.8, 4) is 22.6 Å². The van der Waals surface area contributed by atoms with E-state index in [2.05, 4.69) is 25.5 Å². The molecule has 1 amide bonds. The van der Waals surface area contributed by atoms with E-state index >= 15 is 0 Å². The van der Waals surface area contributed by atoms with Gasteiger partial charge >= 0.3 is 6.18 Å². The normalized spacial score (nSPS) is 14.4. The van der Waals surface area contributed by atoms with E-state index in [1.807, 2.05) is 4.57 Å². The summed E-state index contributed by atoms with van der Waals surface area (Å²) in [4.78, 5) is 21.3. The highest BCUT2D eigenvalue weighted by atomic mass is 19.4. The van der Waals surface area contributed by atoms with Crippen LogP contribution in [0.15, 0.2) is 61.1 Å². The first kappa shape index (κ1) is 22.7. The number of ether oxygens (including phenoxy) is 1. The van der Waals surface area contributed by atoms with Crippen molar-refractivity contribution in [2.24, 2.45) is 0 Å². The fourth-order valence-electron chi connectivity index (χ4n) is 3.77. The second-order valence-electron chi connectivity index (χ2n) is 7.92. The summed E-state index contributed by atoms with van der Waals surface area (Å²) >= 11 is 0. The Morgan fingerprint density at radius 1 is 1.06 bits per heavy atom. The molecule has 1 aromatic carbocycles. The predicted octanol–water partition coefficient (Wildman–Crippen LogP) is 4.59. The number of hydrogen-bond donors (Lipinski definition) is 1. The maximum atomic E-state index is 13.2. The monoisotopic (exact) mass is 480 g/mol. The minimum atomic E-state index is -4.53. The number of pyridine rings is 2. The molecule has 2 bridgehead atoms. The standard InChI is InChI=1S/C24H19F3N6O2/c25-24(26,27)20-8-7-16(12-28-20)15-5-6-17-13-35-10-2-9-33-14-29-32-22(33)19-3-1-4-21(30-19)31-23(34)18(17)11-15/h1,3-8,11-12,14H,2,9-10,13H2,(H,30,31,34). The fourth-order valence-corrected chi connectivity index (χ4v) is 3.77. The highest BCUT2D eigenvalue weighted by Gasteiger charge is 2.32. The minimum Gasteiger partial charge on any atom is -0.377 e. The third-order valence-electron chi connectivity index (χ3n) is 5.52. The number of anilines is 1. The summed E-state index contributed by atoms with van der Waals surface area (Å²) in [5.74, 6) is 0.483. The third-order valence-corrected chi connectivity index (χ3v) is 5.52. The van der Waals surface area contributed by atoms with E-state index in [9.17, 15) is 18.0 Å². The van der Waals surface area contributed by atoms with E-state index < -0.39 is 17.8 Å². The Bertz CT molecular complexity index is 1370. The van der Waals surface area contributed by atoms with Gasteiger partial charge in [0.25, 0.3) is 5.91 Å². The van der Waals surface area contributed by atoms with Crippen molar-refractivity contribution in [3.05, 3.63) is 77.9 Å². The van der Waals surface area contributed by atoms with Crippen molar-refractivity contribution < 1.29 is 22.7 Å². The molecule has 178 valence electrons. The summed E-state index contributed by atoms with van der Waals surface area (Å²) in [5.41, 5.74) is 1.55. The average Bonchev–Trinajstić information content (AvgIpc) is 3.32. The van der Waals surface area contributed by atoms with Gasteiger partial charge in [0.15, 0.2) is 5.82 Å². The molecular weight excluding hydrogens is 461 g/mol. The zero-order valence-electron chi connectivity index (χ0n) is 18.3. The molecule has 1 aliphatic rings. The molecule has 0 saturated carbocycles. The van der Waals surface area contributed by atoms with Crippen LogP contribution in [0, 0.1) is 0 Å². The van der Waals surface area contributed by atoms with E-state index in [1.54, 1.807) is 42.7 Å². The maximum absolute atomic E-state index is 13.2. The second-order valence-corrected chi connectivity index (χ2v) is 7.92. The van der Waals surface area contributed by atoms with Crippen molar-refractivity contribution in [2.75, 3.05) is 11.9 Å². The largest absolute Gasteiger partial charge is 0.433 e. The fraction of sp³-hybridized carbons (Fsp3) is 0.208. The second kappa shape index (κ2) is 9.26. The Morgan fingerprint density at radius 3 is 2.71 bits per heavy atom. The van der Waals surface area contributed by atoms with Gasteiger partial charge in [0.1, 0.15) is 23.5 Å². The molecule has 1 N–H and O–H groups in total. The van der Waals surface area contributed by atoms with Crippen LogP contribution in [0.2, 0.25) is 0 Å². The Labute approximate surface area is 197 Å². The molecule has 35 heavy (non-hydrogen) atoms. The number of nitrogens with zero attached hydrogens (tertiary/aromatic N) is 5. The summed E-state index contributed by atoms with van der Waals surface area (Å²) in [5, 5.41) is 10.9. The van der Waals surface area contributed by atoms with Crippen LogP contribution < -0.4 is 5.32 Å². The average molecular weight is 480 g/mol. The van der Waals surface area contributed by atoms with Crippen LogP contribution in [-0.2, 0) is 24.1 Å². The molecule has 0 unspecified atom stereocenters. The highest BCUT2D eigenvalue weighted by Crippen LogP contribution is 2.30. The highest BCUT2D eigenvalue weighted by molar-refractivity contribution is 6.05. The van der Waals surface area contributed by atoms with E-state index in [-0.39, 0.29) is 6.61 Å². The molecule has 5 rings (SSSR count). The summed E-state index contributed by atoms with van der Waals surface area (Å²) in [6, 6.07) is 12.5. The van der Waals surface area contributed by atoms with Crippen molar-refractivity contribution >= 4 is 11.7 Å². The molecule has 0 saturated heterocycles.